The summed E-state index contributed by atoms with van der Waals surface area (Å²) >= 11 is 0. The molecule has 0 aliphatic heterocycles. The van der Waals surface area contributed by atoms with E-state index in [-0.39, 0.29) is 11.6 Å². The van der Waals surface area contributed by atoms with Crippen molar-refractivity contribution in [1.29, 1.82) is 0 Å². The van der Waals surface area contributed by atoms with E-state index < -0.39 is 0 Å². The lowest BCUT2D eigenvalue weighted by molar-refractivity contribution is 0.103. The van der Waals surface area contributed by atoms with E-state index in [1.165, 1.54) is 10.7 Å². The first-order valence-electron chi connectivity index (χ1n) is 5.30. The monoisotopic (exact) mass is 232 g/mol. The van der Waals surface area contributed by atoms with Gasteiger partial charge in [0.1, 0.15) is 11.5 Å². The quantitative estimate of drug-likeness (QED) is 0.745. The highest BCUT2D eigenvalue weighted by atomic mass is 19.1. The Bertz CT molecular complexity index is 587. The van der Waals surface area contributed by atoms with Crippen LogP contribution in [0.4, 0.5) is 4.39 Å². The number of halogens is 1. The Hall–Kier alpha value is -1.97. The molecular formula is C13H13FN2O. The van der Waals surface area contributed by atoms with Gasteiger partial charge in [0.15, 0.2) is 0 Å². The molecule has 0 bridgehead atoms. The van der Waals surface area contributed by atoms with E-state index in [1.54, 1.807) is 32.2 Å². The summed E-state index contributed by atoms with van der Waals surface area (Å²) < 4.78 is 14.9. The molecule has 0 aliphatic carbocycles. The van der Waals surface area contributed by atoms with Gasteiger partial charge in [0, 0.05) is 12.6 Å². The zero-order valence-corrected chi connectivity index (χ0v) is 9.99. The second-order valence-corrected chi connectivity index (χ2v) is 4.09. The van der Waals surface area contributed by atoms with Gasteiger partial charge in [-0.3, -0.25) is 9.48 Å². The van der Waals surface area contributed by atoms with Crippen LogP contribution >= 0.6 is 0 Å². The highest BCUT2D eigenvalue weighted by molar-refractivity contribution is 6.07. The summed E-state index contributed by atoms with van der Waals surface area (Å²) in [5.41, 5.74) is 2.10. The fourth-order valence-corrected chi connectivity index (χ4v) is 1.71. The molecule has 1 aromatic heterocycles. The Kier molecular flexibility index (Phi) is 2.79. The van der Waals surface area contributed by atoms with Crippen molar-refractivity contribution in [3.05, 3.63) is 52.6 Å². The van der Waals surface area contributed by atoms with Gasteiger partial charge in [-0.05, 0) is 31.5 Å². The van der Waals surface area contributed by atoms with Gasteiger partial charge in [-0.1, -0.05) is 12.1 Å². The summed E-state index contributed by atoms with van der Waals surface area (Å²) in [6, 6.07) is 6.19. The summed E-state index contributed by atoms with van der Waals surface area (Å²) in [4.78, 5) is 12.1. The SMILES string of the molecule is Cc1cc(C(=O)c2ccc(C)c(F)c2)n(C)n1. The molecule has 0 N–H and O–H groups in total. The first kappa shape index (κ1) is 11.5. The number of hydrogen-bond acceptors (Lipinski definition) is 2. The van der Waals surface area contributed by atoms with E-state index in [4.69, 9.17) is 0 Å². The molecule has 0 unspecified atom stereocenters. The summed E-state index contributed by atoms with van der Waals surface area (Å²) in [5.74, 6) is -0.582. The number of hydrogen-bond donors (Lipinski definition) is 0. The average molecular weight is 232 g/mol. The molecule has 0 radical (unpaired) electrons. The van der Waals surface area contributed by atoms with E-state index >= 15 is 0 Å². The second-order valence-electron chi connectivity index (χ2n) is 4.09. The fraction of sp³-hybridized carbons (Fsp3) is 0.231. The number of aryl methyl sites for hydroxylation is 3. The number of aromatic nitrogens is 2. The minimum atomic E-state index is -0.366. The van der Waals surface area contributed by atoms with Crippen LogP contribution < -0.4 is 0 Å². The average Bonchev–Trinajstić information content (AvgIpc) is 2.61. The largest absolute Gasteiger partial charge is 0.287 e. The molecule has 3 nitrogen and oxygen atoms in total. The first-order chi connectivity index (χ1) is 7.99. The topological polar surface area (TPSA) is 34.9 Å². The predicted molar refractivity (Wildman–Crippen MR) is 62.5 cm³/mol. The molecule has 0 atom stereocenters. The minimum absolute atomic E-state index is 0.216. The predicted octanol–water partition coefficient (Wildman–Crippen LogP) is 2.41. The van der Waals surface area contributed by atoms with Crippen molar-refractivity contribution < 1.29 is 9.18 Å². The van der Waals surface area contributed by atoms with Crippen LogP contribution in [0.3, 0.4) is 0 Å². The summed E-state index contributed by atoms with van der Waals surface area (Å²) in [6.07, 6.45) is 0. The smallest absolute Gasteiger partial charge is 0.211 e. The van der Waals surface area contributed by atoms with Crippen molar-refractivity contribution in [2.45, 2.75) is 13.8 Å². The fourth-order valence-electron chi connectivity index (χ4n) is 1.71. The van der Waals surface area contributed by atoms with E-state index in [2.05, 4.69) is 5.10 Å². The van der Waals surface area contributed by atoms with Crippen molar-refractivity contribution in [1.82, 2.24) is 9.78 Å². The van der Waals surface area contributed by atoms with Crippen LogP contribution in [0.25, 0.3) is 0 Å². The van der Waals surface area contributed by atoms with E-state index in [1.807, 2.05) is 6.92 Å². The second kappa shape index (κ2) is 4.13. The van der Waals surface area contributed by atoms with Crippen LogP contribution in [0.15, 0.2) is 24.3 Å². The third kappa shape index (κ3) is 2.11. The van der Waals surface area contributed by atoms with Crippen molar-refractivity contribution in [3.63, 3.8) is 0 Å². The maximum absolute atomic E-state index is 13.4. The third-order valence-corrected chi connectivity index (χ3v) is 2.67. The zero-order chi connectivity index (χ0) is 12.6. The molecule has 1 heterocycles. The molecule has 0 aliphatic rings. The van der Waals surface area contributed by atoms with Gasteiger partial charge in [-0.25, -0.2) is 4.39 Å². The van der Waals surface area contributed by atoms with Gasteiger partial charge >= 0.3 is 0 Å². The Balaban J connectivity index is 2.44. The zero-order valence-electron chi connectivity index (χ0n) is 9.99. The first-order valence-corrected chi connectivity index (χ1v) is 5.30. The number of carbonyl (C=O) groups excluding carboxylic acids is 1. The molecule has 0 fully saturated rings. The van der Waals surface area contributed by atoms with Gasteiger partial charge in [0.05, 0.1) is 5.69 Å². The number of benzene rings is 1. The standard InChI is InChI=1S/C13H13FN2O/c1-8-4-5-10(7-11(8)14)13(17)12-6-9(2)15-16(12)3/h4-7H,1-3H3. The normalized spacial score (nSPS) is 10.6. The third-order valence-electron chi connectivity index (χ3n) is 2.67. The lowest BCUT2D eigenvalue weighted by Gasteiger charge is -2.03. The van der Waals surface area contributed by atoms with Gasteiger partial charge in [-0.15, -0.1) is 0 Å². The van der Waals surface area contributed by atoms with Crippen LogP contribution in [0.2, 0.25) is 0 Å². The van der Waals surface area contributed by atoms with Gasteiger partial charge in [0.2, 0.25) is 5.78 Å². The Morgan fingerprint density at radius 3 is 2.53 bits per heavy atom. The Labute approximate surface area is 98.9 Å². The molecule has 88 valence electrons. The van der Waals surface area contributed by atoms with E-state index in [0.29, 0.717) is 16.8 Å². The van der Waals surface area contributed by atoms with E-state index in [0.717, 1.165) is 5.69 Å². The van der Waals surface area contributed by atoms with Crippen LogP contribution in [-0.4, -0.2) is 15.6 Å². The molecule has 17 heavy (non-hydrogen) atoms. The number of ketones is 1. The van der Waals surface area contributed by atoms with Crippen molar-refractivity contribution in [2.24, 2.45) is 7.05 Å². The van der Waals surface area contributed by atoms with Crippen LogP contribution in [0.1, 0.15) is 27.3 Å². The summed E-state index contributed by atoms with van der Waals surface area (Å²) in [7, 11) is 1.70. The van der Waals surface area contributed by atoms with Gasteiger partial charge in [-0.2, -0.15) is 5.10 Å². The van der Waals surface area contributed by atoms with Crippen molar-refractivity contribution >= 4 is 5.78 Å². The van der Waals surface area contributed by atoms with Crippen LogP contribution in [0.5, 0.6) is 0 Å². The molecule has 4 heteroatoms. The Morgan fingerprint density at radius 1 is 1.29 bits per heavy atom. The maximum atomic E-state index is 13.4. The molecular weight excluding hydrogens is 219 g/mol. The number of nitrogens with zero attached hydrogens (tertiary/aromatic N) is 2. The van der Waals surface area contributed by atoms with Crippen LogP contribution in [-0.2, 0) is 7.05 Å². The molecule has 2 rings (SSSR count). The molecule has 0 saturated carbocycles. The van der Waals surface area contributed by atoms with Crippen molar-refractivity contribution in [2.75, 3.05) is 0 Å². The lowest BCUT2D eigenvalue weighted by Crippen LogP contribution is -2.08. The molecule has 0 amide bonds. The molecule has 2 aromatic rings. The minimum Gasteiger partial charge on any atom is -0.287 e. The maximum Gasteiger partial charge on any atom is 0.211 e. The Morgan fingerprint density at radius 2 is 2.00 bits per heavy atom. The van der Waals surface area contributed by atoms with Gasteiger partial charge < -0.3 is 0 Å². The molecule has 0 spiro atoms. The van der Waals surface area contributed by atoms with Crippen LogP contribution in [0, 0.1) is 19.7 Å². The van der Waals surface area contributed by atoms with Gasteiger partial charge in [0.25, 0.3) is 0 Å². The highest BCUT2D eigenvalue weighted by Crippen LogP contribution is 2.14. The number of carbonyl (C=O) groups is 1. The lowest BCUT2D eigenvalue weighted by atomic mass is 10.1. The summed E-state index contributed by atoms with van der Waals surface area (Å²) in [5, 5.41) is 4.10. The van der Waals surface area contributed by atoms with Crippen molar-refractivity contribution in [3.8, 4) is 0 Å². The molecule has 1 aromatic carbocycles. The number of rotatable bonds is 2. The van der Waals surface area contributed by atoms with E-state index in [9.17, 15) is 9.18 Å². The highest BCUT2D eigenvalue weighted by Gasteiger charge is 2.15. The molecule has 0 saturated heterocycles. The summed E-state index contributed by atoms with van der Waals surface area (Å²) in [6.45, 7) is 3.48.